The number of benzene rings is 2. The third kappa shape index (κ3) is 5.98. The lowest BCUT2D eigenvalue weighted by Gasteiger charge is -2.30. The molecule has 6 heteroatoms. The molecule has 0 fully saturated rings. The average molecular weight is 399 g/mol. The molecule has 0 spiro atoms. The van der Waals surface area contributed by atoms with Gasteiger partial charge in [-0.3, -0.25) is 9.59 Å². The summed E-state index contributed by atoms with van der Waals surface area (Å²) in [5.74, 6) is 0.932. The Morgan fingerprint density at radius 1 is 1.14 bits per heavy atom. The Bertz CT molecular complexity index is 851. The summed E-state index contributed by atoms with van der Waals surface area (Å²) in [6, 6.07) is 12.8. The second kappa shape index (κ2) is 10.5. The fraction of sp³-hybridized carbons (Fsp3) is 0.391. The zero-order valence-electron chi connectivity index (χ0n) is 17.8. The smallest absolute Gasteiger partial charge is 0.261 e. The number of hydrogen-bond donors (Lipinski definition) is 1. The highest BCUT2D eigenvalue weighted by Crippen LogP contribution is 2.21. The van der Waals surface area contributed by atoms with Crippen LogP contribution in [0.5, 0.6) is 11.5 Å². The number of hydrogen-bond acceptors (Lipinski definition) is 4. The number of rotatable bonds is 9. The number of carbonyl (C=O) groups is 2. The molecule has 0 aromatic heterocycles. The molecule has 0 aliphatic heterocycles. The molecule has 0 radical (unpaired) electrons. The Labute approximate surface area is 172 Å². The number of ether oxygens (including phenoxy) is 2. The number of carbonyl (C=O) groups excluding carboxylic acids is 2. The summed E-state index contributed by atoms with van der Waals surface area (Å²) in [5.41, 5.74) is 2.90. The number of likely N-dealkylation sites (N-methyl/N-ethyl adjacent to an activating group) is 1. The minimum atomic E-state index is -0.582. The molecule has 1 atom stereocenters. The van der Waals surface area contributed by atoms with Gasteiger partial charge in [-0.25, -0.2) is 0 Å². The van der Waals surface area contributed by atoms with E-state index in [0.29, 0.717) is 17.9 Å². The molecule has 0 saturated heterocycles. The first-order valence-corrected chi connectivity index (χ1v) is 9.73. The lowest BCUT2D eigenvalue weighted by atomic mass is 10.1. The Kier molecular flexibility index (Phi) is 8.07. The molecule has 2 rings (SSSR count). The Morgan fingerprint density at radius 3 is 2.55 bits per heavy atom. The molecular formula is C23H30N2O4. The predicted octanol–water partition coefficient (Wildman–Crippen LogP) is 3.24. The maximum atomic E-state index is 13.1. The number of nitrogens with zero attached hydrogens (tertiary/aromatic N) is 1. The third-order valence-corrected chi connectivity index (χ3v) is 4.81. The highest BCUT2D eigenvalue weighted by molar-refractivity contribution is 5.88. The average Bonchev–Trinajstić information content (AvgIpc) is 2.73. The van der Waals surface area contributed by atoms with E-state index >= 15 is 0 Å². The molecule has 0 heterocycles. The van der Waals surface area contributed by atoms with Crippen molar-refractivity contribution in [3.63, 3.8) is 0 Å². The lowest BCUT2D eigenvalue weighted by molar-refractivity contribution is -0.142. The largest absolute Gasteiger partial charge is 0.497 e. The van der Waals surface area contributed by atoms with Gasteiger partial charge in [0.2, 0.25) is 5.91 Å². The number of amides is 2. The van der Waals surface area contributed by atoms with Crippen LogP contribution in [0.4, 0.5) is 0 Å². The van der Waals surface area contributed by atoms with Gasteiger partial charge in [-0.15, -0.1) is 0 Å². The van der Waals surface area contributed by atoms with Gasteiger partial charge in [0.25, 0.3) is 5.91 Å². The van der Waals surface area contributed by atoms with Gasteiger partial charge in [0, 0.05) is 13.6 Å². The molecule has 29 heavy (non-hydrogen) atoms. The monoisotopic (exact) mass is 398 g/mol. The first-order chi connectivity index (χ1) is 13.9. The van der Waals surface area contributed by atoms with Crippen LogP contribution in [0.2, 0.25) is 0 Å². The van der Waals surface area contributed by atoms with Crippen LogP contribution in [-0.4, -0.2) is 43.5 Å². The van der Waals surface area contributed by atoms with Crippen LogP contribution < -0.4 is 14.8 Å². The fourth-order valence-corrected chi connectivity index (χ4v) is 3.14. The number of aryl methyl sites for hydroxylation is 2. The van der Waals surface area contributed by atoms with Crippen molar-refractivity contribution in [2.75, 3.05) is 20.8 Å². The van der Waals surface area contributed by atoms with Crippen LogP contribution in [-0.2, 0) is 16.1 Å². The Morgan fingerprint density at radius 2 is 1.90 bits per heavy atom. The topological polar surface area (TPSA) is 67.9 Å². The van der Waals surface area contributed by atoms with Gasteiger partial charge < -0.3 is 19.7 Å². The summed E-state index contributed by atoms with van der Waals surface area (Å²) in [4.78, 5) is 27.1. The van der Waals surface area contributed by atoms with Crippen LogP contribution in [0.3, 0.4) is 0 Å². The van der Waals surface area contributed by atoms with Gasteiger partial charge in [-0.05, 0) is 55.2 Å². The van der Waals surface area contributed by atoms with E-state index in [0.717, 1.165) is 16.7 Å². The predicted molar refractivity (Wildman–Crippen MR) is 113 cm³/mol. The van der Waals surface area contributed by atoms with E-state index < -0.39 is 6.04 Å². The molecule has 0 aliphatic rings. The molecule has 0 saturated carbocycles. The Hall–Kier alpha value is -3.02. The molecule has 0 unspecified atom stereocenters. The molecular weight excluding hydrogens is 368 g/mol. The molecule has 0 bridgehead atoms. The molecule has 6 nitrogen and oxygen atoms in total. The van der Waals surface area contributed by atoms with E-state index in [1.807, 2.05) is 63.2 Å². The van der Waals surface area contributed by atoms with Crippen molar-refractivity contribution < 1.29 is 19.1 Å². The van der Waals surface area contributed by atoms with Gasteiger partial charge >= 0.3 is 0 Å². The van der Waals surface area contributed by atoms with Gasteiger partial charge in [-0.1, -0.05) is 31.2 Å². The van der Waals surface area contributed by atoms with Gasteiger partial charge in [0.1, 0.15) is 17.5 Å². The highest BCUT2D eigenvalue weighted by Gasteiger charge is 2.28. The maximum Gasteiger partial charge on any atom is 0.261 e. The van der Waals surface area contributed by atoms with Crippen LogP contribution >= 0.6 is 0 Å². The molecule has 156 valence electrons. The fourth-order valence-electron chi connectivity index (χ4n) is 3.14. The zero-order chi connectivity index (χ0) is 21.4. The summed E-state index contributed by atoms with van der Waals surface area (Å²) in [7, 11) is 3.17. The highest BCUT2D eigenvalue weighted by atomic mass is 16.5. The van der Waals surface area contributed by atoms with E-state index in [-0.39, 0.29) is 25.0 Å². The van der Waals surface area contributed by atoms with Crippen LogP contribution in [0, 0.1) is 13.8 Å². The minimum absolute atomic E-state index is 0.137. The normalized spacial score (nSPS) is 11.5. The van der Waals surface area contributed by atoms with Crippen LogP contribution in [0.25, 0.3) is 0 Å². The van der Waals surface area contributed by atoms with Crippen molar-refractivity contribution in [2.24, 2.45) is 0 Å². The summed E-state index contributed by atoms with van der Waals surface area (Å²) in [6.45, 7) is 5.95. The SMILES string of the molecule is CC[C@@H](C(=O)NC)N(Cc1cccc(OC)c1)C(=O)COc1cc(C)ccc1C. The van der Waals surface area contributed by atoms with Crippen molar-refractivity contribution in [3.8, 4) is 11.5 Å². The quantitative estimate of drug-likeness (QED) is 0.704. The van der Waals surface area contributed by atoms with Crippen molar-refractivity contribution >= 4 is 11.8 Å². The van der Waals surface area contributed by atoms with Crippen LogP contribution in [0.1, 0.15) is 30.0 Å². The maximum absolute atomic E-state index is 13.1. The van der Waals surface area contributed by atoms with Crippen molar-refractivity contribution in [2.45, 2.75) is 39.8 Å². The summed E-state index contributed by atoms with van der Waals surface area (Å²) < 4.78 is 11.1. The lowest BCUT2D eigenvalue weighted by Crippen LogP contribution is -2.49. The second-order valence-corrected chi connectivity index (χ2v) is 6.97. The third-order valence-electron chi connectivity index (χ3n) is 4.81. The standard InChI is InChI=1S/C23H30N2O4/c1-6-20(23(27)24-4)25(14-18-8-7-9-19(13-18)28-5)22(26)15-29-21-12-16(2)10-11-17(21)3/h7-13,20H,6,14-15H2,1-5H3,(H,24,27)/t20-/m0/s1. The molecule has 1 N–H and O–H groups in total. The van der Waals surface area contributed by atoms with E-state index in [1.165, 1.54) is 0 Å². The summed E-state index contributed by atoms with van der Waals surface area (Å²) in [6.07, 6.45) is 0.499. The minimum Gasteiger partial charge on any atom is -0.497 e. The van der Waals surface area contributed by atoms with Gasteiger partial charge in [0.05, 0.1) is 7.11 Å². The first-order valence-electron chi connectivity index (χ1n) is 9.73. The molecule has 2 amide bonds. The zero-order valence-corrected chi connectivity index (χ0v) is 17.8. The van der Waals surface area contributed by atoms with E-state index in [4.69, 9.17) is 9.47 Å². The van der Waals surface area contributed by atoms with Crippen LogP contribution in [0.15, 0.2) is 42.5 Å². The van der Waals surface area contributed by atoms with Crippen molar-refractivity contribution in [1.82, 2.24) is 10.2 Å². The van der Waals surface area contributed by atoms with Crippen molar-refractivity contribution in [3.05, 3.63) is 59.2 Å². The molecule has 2 aromatic rings. The number of nitrogens with one attached hydrogen (secondary N) is 1. The molecule has 0 aliphatic carbocycles. The Balaban J connectivity index is 2.23. The van der Waals surface area contributed by atoms with Crippen molar-refractivity contribution in [1.29, 1.82) is 0 Å². The van der Waals surface area contributed by atoms with E-state index in [1.54, 1.807) is 19.1 Å². The molecule has 2 aromatic carbocycles. The summed E-state index contributed by atoms with van der Waals surface area (Å²) >= 11 is 0. The van der Waals surface area contributed by atoms with Gasteiger partial charge in [-0.2, -0.15) is 0 Å². The summed E-state index contributed by atoms with van der Waals surface area (Å²) in [5, 5.41) is 2.65. The van der Waals surface area contributed by atoms with Gasteiger partial charge in [0.15, 0.2) is 6.61 Å². The van der Waals surface area contributed by atoms with E-state index in [2.05, 4.69) is 5.32 Å². The number of methoxy groups -OCH3 is 1. The second-order valence-electron chi connectivity index (χ2n) is 6.97. The first kappa shape index (κ1) is 22.3. The van der Waals surface area contributed by atoms with E-state index in [9.17, 15) is 9.59 Å².